The molecule has 2 heterocycles. The van der Waals surface area contributed by atoms with Crippen LogP contribution in [0, 0.1) is 11.8 Å². The molecule has 0 amide bonds. The minimum Gasteiger partial charge on any atom is -0.384 e. The Morgan fingerprint density at radius 2 is 2.41 bits per heavy atom. The highest BCUT2D eigenvalue weighted by molar-refractivity contribution is 5.23. The van der Waals surface area contributed by atoms with Gasteiger partial charge in [0.15, 0.2) is 0 Å². The third kappa shape index (κ3) is 2.00. The van der Waals surface area contributed by atoms with Gasteiger partial charge in [0.2, 0.25) is 0 Å². The first kappa shape index (κ1) is 11.2. The zero-order valence-electron chi connectivity index (χ0n) is 10.6. The van der Waals surface area contributed by atoms with E-state index < -0.39 is 0 Å². The molecule has 4 nitrogen and oxygen atoms in total. The van der Waals surface area contributed by atoms with Crippen molar-refractivity contribution >= 4 is 0 Å². The third-order valence-corrected chi connectivity index (χ3v) is 4.40. The van der Waals surface area contributed by atoms with E-state index in [-0.39, 0.29) is 0 Å². The van der Waals surface area contributed by atoms with Crippen LogP contribution < -0.4 is 0 Å². The number of piperidine rings is 1. The van der Waals surface area contributed by atoms with Crippen molar-refractivity contribution in [3.05, 3.63) is 17.5 Å². The minimum absolute atomic E-state index is 0.690. The maximum absolute atomic E-state index is 5.32. The first-order valence-corrected chi connectivity index (χ1v) is 6.48. The topological polar surface area (TPSA) is 41.1 Å². The fourth-order valence-electron chi connectivity index (χ4n) is 3.64. The molecule has 3 rings (SSSR count). The van der Waals surface area contributed by atoms with Crippen LogP contribution in [0.4, 0.5) is 0 Å². The lowest BCUT2D eigenvalue weighted by Crippen LogP contribution is -2.50. The summed E-state index contributed by atoms with van der Waals surface area (Å²) in [7, 11) is 4.06. The van der Waals surface area contributed by atoms with E-state index in [1.54, 1.807) is 7.11 Å². The number of rotatable bonds is 2. The fourth-order valence-corrected chi connectivity index (χ4v) is 3.64. The monoisotopic (exact) mass is 235 g/mol. The number of methoxy groups -OCH3 is 1. The summed E-state index contributed by atoms with van der Waals surface area (Å²) >= 11 is 0. The Morgan fingerprint density at radius 1 is 1.53 bits per heavy atom. The van der Waals surface area contributed by atoms with E-state index >= 15 is 0 Å². The predicted molar refractivity (Wildman–Crippen MR) is 65.9 cm³/mol. The Morgan fingerprint density at radius 3 is 3.24 bits per heavy atom. The number of hydrogen-bond acceptors (Lipinski definition) is 3. The summed E-state index contributed by atoms with van der Waals surface area (Å²) in [6, 6.07) is 0.702. The summed E-state index contributed by atoms with van der Waals surface area (Å²) in [5, 5.41) is 7.33. The molecule has 1 saturated heterocycles. The average Bonchev–Trinajstić information content (AvgIpc) is 2.74. The summed E-state index contributed by atoms with van der Waals surface area (Å²) in [6.07, 6.45) is 5.61. The van der Waals surface area contributed by atoms with Crippen LogP contribution in [0.15, 0.2) is 6.20 Å². The van der Waals surface area contributed by atoms with Crippen LogP contribution in [0.1, 0.15) is 17.7 Å². The normalized spacial score (nSPS) is 33.2. The molecule has 4 heteroatoms. The van der Waals surface area contributed by atoms with E-state index in [1.807, 2.05) is 6.20 Å². The van der Waals surface area contributed by atoms with E-state index in [0.717, 1.165) is 25.4 Å². The van der Waals surface area contributed by atoms with Gasteiger partial charge >= 0.3 is 0 Å². The minimum atomic E-state index is 0.690. The van der Waals surface area contributed by atoms with Gasteiger partial charge in [0.1, 0.15) is 0 Å². The number of likely N-dealkylation sites (tertiary alicyclic amines) is 1. The van der Waals surface area contributed by atoms with Gasteiger partial charge in [0, 0.05) is 25.4 Å². The van der Waals surface area contributed by atoms with Crippen molar-refractivity contribution in [3.8, 4) is 0 Å². The Bertz CT molecular complexity index is 390. The molecule has 3 atom stereocenters. The molecule has 17 heavy (non-hydrogen) atoms. The maximum atomic E-state index is 5.32. The molecule has 0 spiro atoms. The van der Waals surface area contributed by atoms with Gasteiger partial charge in [-0.25, -0.2) is 0 Å². The number of H-pyrrole nitrogens is 1. The molecule has 1 aliphatic heterocycles. The molecule has 1 aromatic heterocycles. The molecule has 3 unspecified atom stereocenters. The molecule has 1 N–H and O–H groups in total. The van der Waals surface area contributed by atoms with Gasteiger partial charge in [-0.3, -0.25) is 5.10 Å². The summed E-state index contributed by atoms with van der Waals surface area (Å²) in [6.45, 7) is 2.06. The van der Waals surface area contributed by atoms with Gasteiger partial charge in [-0.2, -0.15) is 5.10 Å². The van der Waals surface area contributed by atoms with Crippen molar-refractivity contribution in [2.24, 2.45) is 11.8 Å². The van der Waals surface area contributed by atoms with Crippen molar-refractivity contribution in [2.45, 2.75) is 25.3 Å². The van der Waals surface area contributed by atoms with Crippen molar-refractivity contribution in [3.63, 3.8) is 0 Å². The largest absolute Gasteiger partial charge is 0.384 e. The molecule has 2 aliphatic rings. The molecule has 0 radical (unpaired) electrons. The highest BCUT2D eigenvalue weighted by Crippen LogP contribution is 2.35. The van der Waals surface area contributed by atoms with Gasteiger partial charge < -0.3 is 9.64 Å². The van der Waals surface area contributed by atoms with Crippen LogP contribution >= 0.6 is 0 Å². The van der Waals surface area contributed by atoms with E-state index in [4.69, 9.17) is 4.74 Å². The van der Waals surface area contributed by atoms with Gasteiger partial charge in [0.25, 0.3) is 0 Å². The van der Waals surface area contributed by atoms with Crippen molar-refractivity contribution < 1.29 is 4.74 Å². The van der Waals surface area contributed by atoms with Gasteiger partial charge in [-0.15, -0.1) is 0 Å². The lowest BCUT2D eigenvalue weighted by Gasteiger charge is -2.45. The van der Waals surface area contributed by atoms with Crippen molar-refractivity contribution in [2.75, 3.05) is 27.3 Å². The first-order valence-electron chi connectivity index (χ1n) is 6.48. The standard InChI is InChI=1S/C13H21N3O/c1-16-7-9(8-17-2)3-10-4-12-11(5-13(10)16)6-14-15-12/h6,9-10,13H,3-5,7-8H2,1-2H3,(H,14,15). The number of likely N-dealkylation sites (N-methyl/N-ethyl adjacent to an activating group) is 1. The Balaban J connectivity index is 1.77. The van der Waals surface area contributed by atoms with Crippen molar-refractivity contribution in [1.82, 2.24) is 15.1 Å². The molecule has 0 aromatic carbocycles. The number of fused-ring (bicyclic) bond motifs is 2. The van der Waals surface area contributed by atoms with E-state index in [9.17, 15) is 0 Å². The number of ether oxygens (including phenoxy) is 1. The molecule has 0 bridgehead atoms. The number of aromatic nitrogens is 2. The highest BCUT2D eigenvalue weighted by atomic mass is 16.5. The lowest BCUT2D eigenvalue weighted by molar-refractivity contribution is 0.0321. The van der Waals surface area contributed by atoms with Gasteiger partial charge in [0.05, 0.1) is 12.8 Å². The van der Waals surface area contributed by atoms with E-state index in [1.165, 1.54) is 24.2 Å². The highest BCUT2D eigenvalue weighted by Gasteiger charge is 2.38. The van der Waals surface area contributed by atoms with Crippen LogP contribution in [0.3, 0.4) is 0 Å². The van der Waals surface area contributed by atoms with E-state index in [0.29, 0.717) is 12.0 Å². The molecule has 1 fully saturated rings. The quantitative estimate of drug-likeness (QED) is 0.834. The second-order valence-corrected chi connectivity index (χ2v) is 5.61. The Labute approximate surface area is 102 Å². The van der Waals surface area contributed by atoms with Gasteiger partial charge in [-0.1, -0.05) is 0 Å². The Kier molecular flexibility index (Phi) is 2.92. The van der Waals surface area contributed by atoms with Crippen LogP contribution in [0.25, 0.3) is 0 Å². The number of aromatic amines is 1. The first-order chi connectivity index (χ1) is 8.28. The summed E-state index contributed by atoms with van der Waals surface area (Å²) in [4.78, 5) is 2.52. The van der Waals surface area contributed by atoms with Gasteiger partial charge in [-0.05, 0) is 43.7 Å². The maximum Gasteiger partial charge on any atom is 0.0522 e. The summed E-state index contributed by atoms with van der Waals surface area (Å²) < 4.78 is 5.32. The average molecular weight is 235 g/mol. The van der Waals surface area contributed by atoms with E-state index in [2.05, 4.69) is 22.1 Å². The zero-order valence-corrected chi connectivity index (χ0v) is 10.6. The van der Waals surface area contributed by atoms with Crippen LogP contribution in [0.2, 0.25) is 0 Å². The molecular weight excluding hydrogens is 214 g/mol. The summed E-state index contributed by atoms with van der Waals surface area (Å²) in [5.74, 6) is 1.46. The molecule has 1 aliphatic carbocycles. The van der Waals surface area contributed by atoms with Crippen LogP contribution in [-0.2, 0) is 17.6 Å². The second-order valence-electron chi connectivity index (χ2n) is 5.61. The fraction of sp³-hybridized carbons (Fsp3) is 0.769. The number of nitrogens with one attached hydrogen (secondary N) is 1. The number of nitrogens with zero attached hydrogens (tertiary/aromatic N) is 2. The Hall–Kier alpha value is -0.870. The zero-order chi connectivity index (χ0) is 11.8. The van der Waals surface area contributed by atoms with Crippen LogP contribution in [-0.4, -0.2) is 48.4 Å². The predicted octanol–water partition coefficient (Wildman–Crippen LogP) is 1.09. The van der Waals surface area contributed by atoms with Crippen LogP contribution in [0.5, 0.6) is 0 Å². The number of hydrogen-bond donors (Lipinski definition) is 1. The molecule has 1 aromatic rings. The summed E-state index contributed by atoms with van der Waals surface area (Å²) in [5.41, 5.74) is 2.78. The SMILES string of the molecule is COCC1CC2Cc3[nH]ncc3CC2N(C)C1. The molecule has 94 valence electrons. The lowest BCUT2D eigenvalue weighted by atomic mass is 9.75. The molecule has 0 saturated carbocycles. The van der Waals surface area contributed by atoms with Crippen molar-refractivity contribution in [1.29, 1.82) is 0 Å². The smallest absolute Gasteiger partial charge is 0.0522 e. The molecular formula is C13H21N3O. The second kappa shape index (κ2) is 4.42. The third-order valence-electron chi connectivity index (χ3n) is 4.40.